The summed E-state index contributed by atoms with van der Waals surface area (Å²) in [5.74, 6) is 0.709. The average Bonchev–Trinajstić information content (AvgIpc) is 2.33. The number of ether oxygens (including phenoxy) is 1. The summed E-state index contributed by atoms with van der Waals surface area (Å²) in [6.07, 6.45) is 0.0828. The first-order chi connectivity index (χ1) is 9.45. The second-order valence-corrected chi connectivity index (χ2v) is 5.47. The van der Waals surface area contributed by atoms with Gasteiger partial charge in [0.15, 0.2) is 0 Å². The highest BCUT2D eigenvalue weighted by Crippen LogP contribution is 2.33. The fourth-order valence-corrected chi connectivity index (χ4v) is 2.14. The highest BCUT2D eigenvalue weighted by Gasteiger charge is 2.07. The third-order valence-electron chi connectivity index (χ3n) is 2.53. The van der Waals surface area contributed by atoms with Gasteiger partial charge in [0.2, 0.25) is 0 Å². The van der Waals surface area contributed by atoms with Crippen LogP contribution in [-0.4, -0.2) is 6.10 Å². The number of nitrogens with two attached hydrogens (primary N) is 1. The van der Waals surface area contributed by atoms with Crippen molar-refractivity contribution < 1.29 is 4.74 Å². The van der Waals surface area contributed by atoms with Crippen LogP contribution in [-0.2, 0) is 0 Å². The molecule has 0 saturated heterocycles. The summed E-state index contributed by atoms with van der Waals surface area (Å²) in [7, 11) is 0. The number of rotatable bonds is 4. The Balaban J connectivity index is 2.29. The van der Waals surface area contributed by atoms with Crippen LogP contribution in [0.3, 0.4) is 0 Å². The molecule has 2 aromatic carbocycles. The molecule has 0 atom stereocenters. The second-order valence-electron chi connectivity index (χ2n) is 4.68. The Morgan fingerprint density at radius 1 is 1.15 bits per heavy atom. The molecule has 0 saturated carbocycles. The quantitative estimate of drug-likeness (QED) is 0.772. The second kappa shape index (κ2) is 6.25. The molecule has 0 heterocycles. The molecule has 0 radical (unpaired) electrons. The number of hydrogen-bond acceptors (Lipinski definition) is 3. The number of nitrogen functional groups attached to an aromatic ring is 1. The van der Waals surface area contributed by atoms with Crippen LogP contribution in [0.2, 0.25) is 10.0 Å². The molecule has 0 aliphatic carbocycles. The number of halogens is 2. The van der Waals surface area contributed by atoms with Gasteiger partial charge in [-0.15, -0.1) is 0 Å². The number of hydrogen-bond donors (Lipinski definition) is 2. The zero-order chi connectivity index (χ0) is 14.7. The highest BCUT2D eigenvalue weighted by molar-refractivity contribution is 6.43. The number of benzene rings is 2. The van der Waals surface area contributed by atoms with E-state index >= 15 is 0 Å². The average molecular weight is 311 g/mol. The van der Waals surface area contributed by atoms with E-state index in [1.807, 2.05) is 38.1 Å². The lowest BCUT2D eigenvalue weighted by Crippen LogP contribution is -2.06. The van der Waals surface area contributed by atoms with Gasteiger partial charge in [-0.2, -0.15) is 0 Å². The van der Waals surface area contributed by atoms with E-state index < -0.39 is 0 Å². The topological polar surface area (TPSA) is 47.3 Å². The lowest BCUT2D eigenvalue weighted by Gasteiger charge is -2.14. The van der Waals surface area contributed by atoms with Gasteiger partial charge in [0.05, 0.1) is 21.8 Å². The molecule has 0 aliphatic heterocycles. The molecule has 3 N–H and O–H groups in total. The van der Waals surface area contributed by atoms with Crippen LogP contribution >= 0.6 is 23.2 Å². The Kier molecular flexibility index (Phi) is 4.63. The smallest absolute Gasteiger partial charge is 0.123 e. The van der Waals surface area contributed by atoms with Gasteiger partial charge in [0.25, 0.3) is 0 Å². The SMILES string of the molecule is CC(C)Oc1cc(N)cc(Nc2cccc(Cl)c2Cl)c1. The summed E-state index contributed by atoms with van der Waals surface area (Å²) in [6, 6.07) is 10.9. The number of anilines is 3. The Morgan fingerprint density at radius 3 is 2.60 bits per heavy atom. The van der Waals surface area contributed by atoms with Gasteiger partial charge < -0.3 is 15.8 Å². The van der Waals surface area contributed by atoms with E-state index in [9.17, 15) is 0 Å². The molecule has 0 amide bonds. The van der Waals surface area contributed by atoms with Crippen molar-refractivity contribution in [3.8, 4) is 5.75 Å². The molecular weight excluding hydrogens is 295 g/mol. The van der Waals surface area contributed by atoms with Crippen molar-refractivity contribution >= 4 is 40.3 Å². The predicted octanol–water partition coefficient (Wildman–Crippen LogP) is 5.11. The predicted molar refractivity (Wildman–Crippen MR) is 86.4 cm³/mol. The molecule has 0 fully saturated rings. The maximum atomic E-state index is 6.15. The first-order valence-electron chi connectivity index (χ1n) is 6.24. The fourth-order valence-electron chi connectivity index (χ4n) is 1.79. The molecule has 0 aromatic heterocycles. The minimum Gasteiger partial charge on any atom is -0.491 e. The van der Waals surface area contributed by atoms with Gasteiger partial charge >= 0.3 is 0 Å². The Bertz CT molecular complexity index is 615. The van der Waals surface area contributed by atoms with E-state index in [0.717, 1.165) is 11.4 Å². The summed E-state index contributed by atoms with van der Waals surface area (Å²) in [6.45, 7) is 3.92. The van der Waals surface area contributed by atoms with Crippen LogP contribution < -0.4 is 15.8 Å². The molecule has 2 aromatic rings. The van der Waals surface area contributed by atoms with Crippen molar-refractivity contribution in [1.82, 2.24) is 0 Å². The molecule has 3 nitrogen and oxygen atoms in total. The standard InChI is InChI=1S/C15H16Cl2N2O/c1-9(2)20-12-7-10(18)6-11(8-12)19-14-5-3-4-13(16)15(14)17/h3-9,19H,18H2,1-2H3. The maximum absolute atomic E-state index is 6.15. The van der Waals surface area contributed by atoms with E-state index in [2.05, 4.69) is 5.32 Å². The summed E-state index contributed by atoms with van der Waals surface area (Å²) >= 11 is 12.1. The Morgan fingerprint density at radius 2 is 1.90 bits per heavy atom. The first kappa shape index (κ1) is 14.8. The third-order valence-corrected chi connectivity index (χ3v) is 3.35. The molecule has 0 bridgehead atoms. The minimum atomic E-state index is 0.0828. The van der Waals surface area contributed by atoms with E-state index in [-0.39, 0.29) is 6.10 Å². The molecular formula is C15H16Cl2N2O. The van der Waals surface area contributed by atoms with Crippen molar-refractivity contribution in [3.63, 3.8) is 0 Å². The van der Waals surface area contributed by atoms with Gasteiger partial charge in [0, 0.05) is 23.5 Å². The molecule has 0 spiro atoms. The minimum absolute atomic E-state index is 0.0828. The fraction of sp³-hybridized carbons (Fsp3) is 0.200. The number of nitrogens with one attached hydrogen (secondary N) is 1. The van der Waals surface area contributed by atoms with Crippen LogP contribution in [0.15, 0.2) is 36.4 Å². The summed E-state index contributed by atoms with van der Waals surface area (Å²) in [5.41, 5.74) is 8.01. The van der Waals surface area contributed by atoms with Crippen molar-refractivity contribution in [1.29, 1.82) is 0 Å². The van der Waals surface area contributed by atoms with Gasteiger partial charge in [0.1, 0.15) is 5.75 Å². The largest absolute Gasteiger partial charge is 0.491 e. The highest BCUT2D eigenvalue weighted by atomic mass is 35.5. The monoisotopic (exact) mass is 310 g/mol. The van der Waals surface area contributed by atoms with Gasteiger partial charge in [-0.05, 0) is 32.0 Å². The van der Waals surface area contributed by atoms with Gasteiger partial charge in [-0.25, -0.2) is 0 Å². The van der Waals surface area contributed by atoms with Crippen molar-refractivity contribution in [2.45, 2.75) is 20.0 Å². The molecule has 20 heavy (non-hydrogen) atoms. The van der Waals surface area contributed by atoms with Gasteiger partial charge in [-0.3, -0.25) is 0 Å². The molecule has 0 aliphatic rings. The van der Waals surface area contributed by atoms with Crippen LogP contribution in [0.5, 0.6) is 5.75 Å². The third kappa shape index (κ3) is 3.71. The van der Waals surface area contributed by atoms with E-state index in [1.165, 1.54) is 0 Å². The van der Waals surface area contributed by atoms with Crippen LogP contribution in [0.1, 0.15) is 13.8 Å². The van der Waals surface area contributed by atoms with Gasteiger partial charge in [-0.1, -0.05) is 29.3 Å². The Hall–Kier alpha value is -1.58. The maximum Gasteiger partial charge on any atom is 0.123 e. The zero-order valence-corrected chi connectivity index (χ0v) is 12.8. The summed E-state index contributed by atoms with van der Waals surface area (Å²) in [4.78, 5) is 0. The van der Waals surface area contributed by atoms with E-state index in [1.54, 1.807) is 12.1 Å². The summed E-state index contributed by atoms with van der Waals surface area (Å²) < 4.78 is 5.65. The first-order valence-corrected chi connectivity index (χ1v) is 6.99. The van der Waals surface area contributed by atoms with Crippen LogP contribution in [0, 0.1) is 0 Å². The van der Waals surface area contributed by atoms with Crippen molar-refractivity contribution in [3.05, 3.63) is 46.4 Å². The van der Waals surface area contributed by atoms with E-state index in [4.69, 9.17) is 33.7 Å². The summed E-state index contributed by atoms with van der Waals surface area (Å²) in [5, 5.41) is 4.17. The molecule has 2 rings (SSSR count). The van der Waals surface area contributed by atoms with Crippen molar-refractivity contribution in [2.24, 2.45) is 0 Å². The lowest BCUT2D eigenvalue weighted by atomic mass is 10.2. The lowest BCUT2D eigenvalue weighted by molar-refractivity contribution is 0.242. The normalized spacial score (nSPS) is 10.7. The molecule has 5 heteroatoms. The van der Waals surface area contributed by atoms with Crippen molar-refractivity contribution in [2.75, 3.05) is 11.1 Å². The van der Waals surface area contributed by atoms with Crippen LogP contribution in [0.4, 0.5) is 17.1 Å². The molecule has 106 valence electrons. The zero-order valence-electron chi connectivity index (χ0n) is 11.3. The molecule has 0 unspecified atom stereocenters. The van der Waals surface area contributed by atoms with E-state index in [0.29, 0.717) is 21.5 Å². The Labute approximate surface area is 128 Å². The van der Waals surface area contributed by atoms with Crippen LogP contribution in [0.25, 0.3) is 0 Å².